The lowest BCUT2D eigenvalue weighted by Crippen LogP contribution is -2.28. The summed E-state index contributed by atoms with van der Waals surface area (Å²) < 4.78 is 0. The van der Waals surface area contributed by atoms with Crippen LogP contribution in [-0.2, 0) is 4.79 Å². The maximum atomic E-state index is 11.5. The third kappa shape index (κ3) is 2.21. The van der Waals surface area contributed by atoms with E-state index in [1.807, 2.05) is 23.4 Å². The van der Waals surface area contributed by atoms with Crippen LogP contribution < -0.4 is 0 Å². The van der Waals surface area contributed by atoms with Gasteiger partial charge < -0.3 is 4.90 Å². The predicted octanol–water partition coefficient (Wildman–Crippen LogP) is 2.49. The van der Waals surface area contributed by atoms with Gasteiger partial charge in [0.1, 0.15) is 0 Å². The van der Waals surface area contributed by atoms with Gasteiger partial charge in [0, 0.05) is 19.7 Å². The molecule has 1 amide bonds. The number of thioether (sulfide) groups is 1. The fraction of sp³-hybridized carbons (Fsp3) is 0.500. The van der Waals surface area contributed by atoms with Crippen LogP contribution in [0.5, 0.6) is 0 Å². The van der Waals surface area contributed by atoms with Gasteiger partial charge in [-0.2, -0.15) is 0 Å². The van der Waals surface area contributed by atoms with E-state index in [0.29, 0.717) is 0 Å². The molecule has 1 fully saturated rings. The summed E-state index contributed by atoms with van der Waals surface area (Å²) in [7, 11) is 0. The summed E-state index contributed by atoms with van der Waals surface area (Å²) in [6, 6.07) is 4.35. The molecule has 1 aliphatic rings. The van der Waals surface area contributed by atoms with E-state index < -0.39 is 0 Å². The van der Waals surface area contributed by atoms with Crippen molar-refractivity contribution >= 4 is 17.7 Å². The van der Waals surface area contributed by atoms with Gasteiger partial charge in [0.05, 0.1) is 11.1 Å². The van der Waals surface area contributed by atoms with E-state index in [1.54, 1.807) is 18.7 Å². The van der Waals surface area contributed by atoms with Crippen LogP contribution in [0.4, 0.5) is 0 Å². The quantitative estimate of drug-likeness (QED) is 0.740. The lowest BCUT2D eigenvalue weighted by molar-refractivity contribution is -0.129. The number of likely N-dealkylation sites (tertiary alicyclic amines) is 1. The Morgan fingerprint density at radius 3 is 2.94 bits per heavy atom. The molecule has 0 aliphatic carbocycles. The van der Waals surface area contributed by atoms with E-state index in [-0.39, 0.29) is 11.9 Å². The highest BCUT2D eigenvalue weighted by molar-refractivity contribution is 7.98. The van der Waals surface area contributed by atoms with Gasteiger partial charge in [0.15, 0.2) is 0 Å². The molecule has 4 heteroatoms. The highest BCUT2D eigenvalue weighted by Crippen LogP contribution is 2.31. The molecule has 0 saturated carbocycles. The molecule has 1 unspecified atom stereocenters. The van der Waals surface area contributed by atoms with Crippen LogP contribution in [0, 0.1) is 0 Å². The number of rotatable bonds is 2. The number of nitrogens with zero attached hydrogens (tertiary/aromatic N) is 2. The molecule has 0 aromatic carbocycles. The zero-order valence-corrected chi connectivity index (χ0v) is 10.5. The zero-order chi connectivity index (χ0) is 11.5. The summed E-state index contributed by atoms with van der Waals surface area (Å²) in [5, 5.41) is 1.02. The Bertz CT molecular complexity index is 377. The maximum absolute atomic E-state index is 11.5. The third-order valence-electron chi connectivity index (χ3n) is 3.01. The largest absolute Gasteiger partial charge is 0.336 e. The van der Waals surface area contributed by atoms with E-state index >= 15 is 0 Å². The number of hydrogen-bond acceptors (Lipinski definition) is 3. The monoisotopic (exact) mass is 236 g/mol. The molecule has 0 radical (unpaired) electrons. The maximum Gasteiger partial charge on any atom is 0.219 e. The Balaban J connectivity index is 2.19. The fourth-order valence-corrected chi connectivity index (χ4v) is 2.56. The number of amides is 1. The number of carbonyl (C=O) groups excluding carboxylic acids is 1. The number of pyridine rings is 1. The smallest absolute Gasteiger partial charge is 0.219 e. The average Bonchev–Trinajstić information content (AvgIpc) is 2.78. The summed E-state index contributed by atoms with van der Waals surface area (Å²) in [6.07, 6.45) is 6.06. The van der Waals surface area contributed by atoms with Crippen LogP contribution in [0.25, 0.3) is 0 Å². The van der Waals surface area contributed by atoms with Gasteiger partial charge >= 0.3 is 0 Å². The molecule has 2 rings (SSSR count). The second-order valence-corrected chi connectivity index (χ2v) is 4.83. The molecule has 0 N–H and O–H groups in total. The normalized spacial score (nSPS) is 20.1. The van der Waals surface area contributed by atoms with E-state index in [1.165, 1.54) is 0 Å². The van der Waals surface area contributed by atoms with Gasteiger partial charge in [-0.1, -0.05) is 6.07 Å². The number of hydrogen-bond donors (Lipinski definition) is 0. The first kappa shape index (κ1) is 11.5. The molecule has 16 heavy (non-hydrogen) atoms. The standard InChI is InChI=1S/C12H16N2OS/c1-9(15)14-7-3-4-11(14)10-5-6-12(16-2)13-8-10/h5-6,8,11H,3-4,7H2,1-2H3. The lowest BCUT2D eigenvalue weighted by Gasteiger charge is -2.23. The van der Waals surface area contributed by atoms with Crippen molar-refractivity contribution in [2.24, 2.45) is 0 Å². The van der Waals surface area contributed by atoms with Crippen molar-refractivity contribution in [3.8, 4) is 0 Å². The van der Waals surface area contributed by atoms with Crippen LogP contribution >= 0.6 is 11.8 Å². The summed E-state index contributed by atoms with van der Waals surface area (Å²) in [6.45, 7) is 2.52. The van der Waals surface area contributed by atoms with Crippen LogP contribution in [0.3, 0.4) is 0 Å². The SMILES string of the molecule is CSc1ccc(C2CCCN2C(C)=O)cn1. The average molecular weight is 236 g/mol. The van der Waals surface area contributed by atoms with Crippen LogP contribution in [0.15, 0.2) is 23.4 Å². The van der Waals surface area contributed by atoms with Crippen molar-refractivity contribution in [3.05, 3.63) is 23.9 Å². The van der Waals surface area contributed by atoms with Crippen molar-refractivity contribution in [3.63, 3.8) is 0 Å². The summed E-state index contributed by atoms with van der Waals surface area (Å²) in [4.78, 5) is 17.8. The minimum absolute atomic E-state index is 0.163. The molecular formula is C12H16N2OS. The molecule has 1 aromatic heterocycles. The van der Waals surface area contributed by atoms with Crippen molar-refractivity contribution in [2.75, 3.05) is 12.8 Å². The second-order valence-electron chi connectivity index (χ2n) is 4.00. The first-order valence-electron chi connectivity index (χ1n) is 5.49. The van der Waals surface area contributed by atoms with Crippen LogP contribution in [0.2, 0.25) is 0 Å². The van der Waals surface area contributed by atoms with Gasteiger partial charge in [-0.05, 0) is 30.7 Å². The first-order valence-corrected chi connectivity index (χ1v) is 6.72. The number of aromatic nitrogens is 1. The minimum Gasteiger partial charge on any atom is -0.336 e. The predicted molar refractivity (Wildman–Crippen MR) is 65.4 cm³/mol. The number of carbonyl (C=O) groups is 1. The highest BCUT2D eigenvalue weighted by Gasteiger charge is 2.27. The molecular weight excluding hydrogens is 220 g/mol. The molecule has 86 valence electrons. The topological polar surface area (TPSA) is 33.2 Å². The Labute approximate surface area is 100 Å². The summed E-state index contributed by atoms with van der Waals surface area (Å²) in [5.74, 6) is 0.163. The van der Waals surface area contributed by atoms with Gasteiger partial charge in [0.2, 0.25) is 5.91 Å². The molecule has 2 heterocycles. The molecule has 1 aromatic rings. The summed E-state index contributed by atoms with van der Waals surface area (Å²) >= 11 is 1.64. The minimum atomic E-state index is 0.163. The van der Waals surface area contributed by atoms with Crippen molar-refractivity contribution < 1.29 is 4.79 Å². The Morgan fingerprint density at radius 2 is 2.38 bits per heavy atom. The van der Waals surface area contributed by atoms with Gasteiger partial charge in [-0.3, -0.25) is 4.79 Å². The highest BCUT2D eigenvalue weighted by atomic mass is 32.2. The molecule has 3 nitrogen and oxygen atoms in total. The Hall–Kier alpha value is -1.03. The van der Waals surface area contributed by atoms with Crippen molar-refractivity contribution in [1.82, 2.24) is 9.88 Å². The van der Waals surface area contributed by atoms with Crippen LogP contribution in [0.1, 0.15) is 31.4 Å². The molecule has 1 aliphatic heterocycles. The second kappa shape index (κ2) is 4.87. The zero-order valence-electron chi connectivity index (χ0n) is 9.64. The first-order chi connectivity index (χ1) is 7.72. The van der Waals surface area contributed by atoms with Crippen molar-refractivity contribution in [2.45, 2.75) is 30.8 Å². The van der Waals surface area contributed by atoms with Crippen LogP contribution in [-0.4, -0.2) is 28.6 Å². The van der Waals surface area contributed by atoms with E-state index in [0.717, 1.165) is 30.0 Å². The van der Waals surface area contributed by atoms with E-state index in [2.05, 4.69) is 11.1 Å². The van der Waals surface area contributed by atoms with E-state index in [4.69, 9.17) is 0 Å². The van der Waals surface area contributed by atoms with E-state index in [9.17, 15) is 4.79 Å². The molecule has 1 saturated heterocycles. The molecule has 0 bridgehead atoms. The van der Waals surface area contributed by atoms with Crippen molar-refractivity contribution in [1.29, 1.82) is 0 Å². The molecule has 1 atom stereocenters. The van der Waals surface area contributed by atoms with Gasteiger partial charge in [-0.15, -0.1) is 11.8 Å². The Morgan fingerprint density at radius 1 is 1.56 bits per heavy atom. The third-order valence-corrected chi connectivity index (χ3v) is 3.67. The Kier molecular flexibility index (Phi) is 3.49. The van der Waals surface area contributed by atoms with Gasteiger partial charge in [-0.25, -0.2) is 4.98 Å². The summed E-state index contributed by atoms with van der Waals surface area (Å²) in [5.41, 5.74) is 1.16. The fourth-order valence-electron chi connectivity index (χ4n) is 2.20. The van der Waals surface area contributed by atoms with Gasteiger partial charge in [0.25, 0.3) is 0 Å². The lowest BCUT2D eigenvalue weighted by atomic mass is 10.1. The molecule has 0 spiro atoms.